The van der Waals surface area contributed by atoms with E-state index in [2.05, 4.69) is 20.6 Å². The van der Waals surface area contributed by atoms with Crippen molar-refractivity contribution in [3.05, 3.63) is 154 Å². The van der Waals surface area contributed by atoms with Crippen molar-refractivity contribution in [2.24, 2.45) is 20.6 Å². The molecule has 0 aliphatic rings. The Labute approximate surface area is 224 Å². The molecule has 0 saturated heterocycles. The predicted octanol–water partition coefficient (Wildman–Crippen LogP) is 5.70. The van der Waals surface area contributed by atoms with Crippen LogP contribution in [0, 0.1) is 10.4 Å². The standard InChI is InChI=1S/2C14H12N2O2.Fe/c2*17-15-13(11-7-3-1-4-8-11)14(16-18)12-9-5-2-6-10-12;/h2*1-10,17-18H;/q;;+2/p-2/b2*15-13-,16-14+;. The number of hydrogen-bond acceptors (Lipinski definition) is 8. The third kappa shape index (κ3) is 7.63. The average Bonchev–Trinajstić information content (AvgIpc) is 2.96. The van der Waals surface area contributed by atoms with E-state index in [9.17, 15) is 10.4 Å². The summed E-state index contributed by atoms with van der Waals surface area (Å²) in [5.74, 6) is 0. The molecule has 0 aromatic heterocycles. The largest absolute Gasteiger partial charge is 2.00 e. The molecule has 0 radical (unpaired) electrons. The second-order valence-electron chi connectivity index (χ2n) is 7.24. The average molecular weight is 534 g/mol. The van der Waals surface area contributed by atoms with E-state index < -0.39 is 0 Å². The van der Waals surface area contributed by atoms with E-state index in [4.69, 9.17) is 10.4 Å². The molecular weight excluding hydrogens is 512 g/mol. The fourth-order valence-electron chi connectivity index (χ4n) is 3.33. The first kappa shape index (κ1) is 28.5. The molecule has 2 N–H and O–H groups in total. The molecule has 0 unspecified atom stereocenters. The molecule has 186 valence electrons. The molecule has 0 atom stereocenters. The first-order valence-corrected chi connectivity index (χ1v) is 10.8. The molecule has 37 heavy (non-hydrogen) atoms. The van der Waals surface area contributed by atoms with Crippen molar-refractivity contribution in [2.45, 2.75) is 0 Å². The zero-order valence-corrected chi connectivity index (χ0v) is 20.5. The number of rotatable bonds is 6. The van der Waals surface area contributed by atoms with E-state index in [1.807, 2.05) is 24.3 Å². The van der Waals surface area contributed by atoms with Crippen LogP contribution < -0.4 is 0 Å². The predicted molar refractivity (Wildman–Crippen MR) is 142 cm³/mol. The van der Waals surface area contributed by atoms with Crippen LogP contribution in [0.1, 0.15) is 22.3 Å². The number of benzene rings is 4. The summed E-state index contributed by atoms with van der Waals surface area (Å²) in [5.41, 5.74) is 3.06. The minimum Gasteiger partial charge on any atom is -0.791 e. The van der Waals surface area contributed by atoms with Crippen LogP contribution in [-0.4, -0.2) is 33.3 Å². The normalized spacial score (nSPS) is 12.1. The Bertz CT molecular complexity index is 1130. The third-order valence-electron chi connectivity index (χ3n) is 5.02. The van der Waals surface area contributed by atoms with E-state index in [1.54, 1.807) is 97.1 Å². The van der Waals surface area contributed by atoms with E-state index in [0.29, 0.717) is 22.3 Å². The summed E-state index contributed by atoms with van der Waals surface area (Å²) in [4.78, 5) is 0. The van der Waals surface area contributed by atoms with Crippen molar-refractivity contribution in [3.8, 4) is 0 Å². The SMILES string of the molecule is [Fe+2].[O-]/N=C(/C(=N\O)c1ccccc1)c1ccccc1.[O-]/N=C(/C(=N\O)c1ccccc1)c1ccccc1. The molecule has 0 amide bonds. The molecule has 0 fully saturated rings. The maximum atomic E-state index is 11.0. The van der Waals surface area contributed by atoms with Crippen molar-refractivity contribution < 1.29 is 27.5 Å². The zero-order chi connectivity index (χ0) is 25.6. The molecule has 0 bridgehead atoms. The topological polar surface area (TPSA) is 136 Å². The first-order valence-electron chi connectivity index (χ1n) is 10.8. The molecule has 0 heterocycles. The fraction of sp³-hybridized carbons (Fsp3) is 0. The number of oxime groups is 2. The number of hydrogen-bond donors (Lipinski definition) is 2. The van der Waals surface area contributed by atoms with Crippen LogP contribution in [-0.2, 0) is 17.1 Å². The van der Waals surface area contributed by atoms with E-state index in [0.717, 1.165) is 0 Å². The monoisotopic (exact) mass is 534 g/mol. The maximum Gasteiger partial charge on any atom is 2.00 e. The van der Waals surface area contributed by atoms with Gasteiger partial charge in [0.05, 0.1) is 11.4 Å². The molecule has 8 nitrogen and oxygen atoms in total. The van der Waals surface area contributed by atoms with Gasteiger partial charge in [-0.3, -0.25) is 0 Å². The van der Waals surface area contributed by atoms with Crippen molar-refractivity contribution in [1.29, 1.82) is 0 Å². The summed E-state index contributed by atoms with van der Waals surface area (Å²) in [6.07, 6.45) is 0. The van der Waals surface area contributed by atoms with E-state index in [-0.39, 0.29) is 39.9 Å². The quantitative estimate of drug-likeness (QED) is 0.142. The summed E-state index contributed by atoms with van der Waals surface area (Å²) in [6.45, 7) is 0. The summed E-state index contributed by atoms with van der Waals surface area (Å²) >= 11 is 0. The Kier molecular flexibility index (Phi) is 11.8. The van der Waals surface area contributed by atoms with Gasteiger partial charge in [-0.05, 0) is 0 Å². The van der Waals surface area contributed by atoms with Crippen molar-refractivity contribution in [3.63, 3.8) is 0 Å². The van der Waals surface area contributed by atoms with Crippen LogP contribution in [0.5, 0.6) is 0 Å². The Morgan fingerprint density at radius 1 is 0.405 bits per heavy atom. The van der Waals surface area contributed by atoms with Gasteiger partial charge in [-0.2, -0.15) is 0 Å². The maximum absolute atomic E-state index is 11.0. The van der Waals surface area contributed by atoms with Gasteiger partial charge >= 0.3 is 17.1 Å². The van der Waals surface area contributed by atoms with Crippen LogP contribution >= 0.6 is 0 Å². The first-order chi connectivity index (χ1) is 17.7. The summed E-state index contributed by atoms with van der Waals surface area (Å²) in [6, 6.07) is 35.7. The van der Waals surface area contributed by atoms with Crippen LogP contribution in [0.4, 0.5) is 0 Å². The van der Waals surface area contributed by atoms with E-state index >= 15 is 0 Å². The zero-order valence-electron chi connectivity index (χ0n) is 19.4. The Morgan fingerprint density at radius 2 is 0.622 bits per heavy atom. The van der Waals surface area contributed by atoms with Crippen LogP contribution in [0.2, 0.25) is 0 Å². The van der Waals surface area contributed by atoms with Gasteiger partial charge in [0.1, 0.15) is 11.4 Å². The van der Waals surface area contributed by atoms with Gasteiger partial charge in [0.15, 0.2) is 0 Å². The van der Waals surface area contributed by atoms with Gasteiger partial charge in [0.2, 0.25) is 0 Å². The van der Waals surface area contributed by atoms with Gasteiger partial charge in [0, 0.05) is 22.3 Å². The second kappa shape index (κ2) is 15.3. The minimum atomic E-state index is 0. The summed E-state index contributed by atoms with van der Waals surface area (Å²) in [5, 5.41) is 52.6. The molecule has 4 aromatic rings. The van der Waals surface area contributed by atoms with Crippen LogP contribution in [0.3, 0.4) is 0 Å². The van der Waals surface area contributed by atoms with Crippen molar-refractivity contribution in [2.75, 3.05) is 0 Å². The van der Waals surface area contributed by atoms with Crippen molar-refractivity contribution in [1.82, 2.24) is 0 Å². The molecule has 4 rings (SSSR count). The minimum absolute atomic E-state index is 0. The van der Waals surface area contributed by atoms with Crippen molar-refractivity contribution >= 4 is 22.8 Å². The van der Waals surface area contributed by atoms with E-state index in [1.165, 1.54) is 0 Å². The summed E-state index contributed by atoms with van der Waals surface area (Å²) in [7, 11) is 0. The second-order valence-corrected chi connectivity index (χ2v) is 7.24. The fourth-order valence-corrected chi connectivity index (χ4v) is 3.33. The van der Waals surface area contributed by atoms with Gasteiger partial charge in [-0.15, -0.1) is 0 Å². The molecule has 4 aromatic carbocycles. The van der Waals surface area contributed by atoms with Gasteiger partial charge in [-0.1, -0.05) is 132 Å². The van der Waals surface area contributed by atoms with Gasteiger partial charge < -0.3 is 31.1 Å². The van der Waals surface area contributed by atoms with Gasteiger partial charge in [0.25, 0.3) is 0 Å². The molecule has 9 heteroatoms. The van der Waals surface area contributed by atoms with Gasteiger partial charge in [-0.25, -0.2) is 0 Å². The Morgan fingerprint density at radius 3 is 0.811 bits per heavy atom. The summed E-state index contributed by atoms with van der Waals surface area (Å²) < 4.78 is 0. The van der Waals surface area contributed by atoms with Crippen LogP contribution in [0.25, 0.3) is 0 Å². The Balaban J connectivity index is 0.000000253. The third-order valence-corrected chi connectivity index (χ3v) is 5.02. The molecule has 0 spiro atoms. The molecule has 0 saturated carbocycles. The smallest absolute Gasteiger partial charge is 0.791 e. The molecular formula is C28H22FeN4O4. The van der Waals surface area contributed by atoms with Crippen LogP contribution in [0.15, 0.2) is 142 Å². The number of nitrogens with zero attached hydrogens (tertiary/aromatic N) is 4. The Hall–Kier alpha value is -4.72. The molecule has 0 aliphatic heterocycles. The molecule has 0 aliphatic carbocycles.